The first-order chi connectivity index (χ1) is 11.0. The van der Waals surface area contributed by atoms with E-state index in [0.717, 1.165) is 27.0 Å². The lowest BCUT2D eigenvalue weighted by Gasteiger charge is -2.31. The molecule has 0 spiro atoms. The summed E-state index contributed by atoms with van der Waals surface area (Å²) in [5.41, 5.74) is -2.94. The van der Waals surface area contributed by atoms with Crippen molar-refractivity contribution in [1.82, 2.24) is 0 Å². The number of alkyl halides is 3. The van der Waals surface area contributed by atoms with E-state index in [-0.39, 0.29) is 5.56 Å². The molecule has 4 nitrogen and oxygen atoms in total. The van der Waals surface area contributed by atoms with Crippen LogP contribution in [0.2, 0.25) is 0 Å². The summed E-state index contributed by atoms with van der Waals surface area (Å²) in [6.45, 7) is 1.89. The molecule has 0 radical (unpaired) electrons. The lowest BCUT2D eigenvalue weighted by atomic mass is 9.77. The van der Waals surface area contributed by atoms with E-state index in [2.05, 4.69) is 0 Å². The number of carbonyl (C=O) groups is 1. The molecule has 0 aliphatic carbocycles. The summed E-state index contributed by atoms with van der Waals surface area (Å²) < 4.78 is 76.9. The van der Waals surface area contributed by atoms with Gasteiger partial charge in [-0.15, -0.1) is 0 Å². The highest BCUT2D eigenvalue weighted by molar-refractivity contribution is 5.75. The maximum Gasteiger partial charge on any atom is 0.417 e. The van der Waals surface area contributed by atoms with Crippen LogP contribution in [0.3, 0.4) is 0 Å². The summed E-state index contributed by atoms with van der Waals surface area (Å²) in [6.07, 6.45) is -6.73. The molecule has 0 amide bonds. The highest BCUT2D eigenvalue weighted by Gasteiger charge is 2.66. The Morgan fingerprint density at radius 3 is 2.38 bits per heavy atom. The van der Waals surface area contributed by atoms with Crippen LogP contribution in [0.4, 0.5) is 22.0 Å². The number of aliphatic carboxylic acids is 1. The molecule has 1 heterocycles. The second kappa shape index (κ2) is 5.87. The molecular weight excluding hydrogens is 339 g/mol. The first-order valence-corrected chi connectivity index (χ1v) is 6.95. The minimum absolute atomic E-state index is 0.190. The third-order valence-electron chi connectivity index (χ3n) is 4.56. The Morgan fingerprint density at radius 1 is 1.33 bits per heavy atom. The van der Waals surface area contributed by atoms with Crippen LogP contribution < -0.4 is 4.74 Å². The van der Waals surface area contributed by atoms with Gasteiger partial charge in [0.25, 0.3) is 0 Å². The molecule has 0 aromatic heterocycles. The molecule has 1 unspecified atom stereocenters. The molecule has 2 rings (SSSR count). The van der Waals surface area contributed by atoms with Crippen molar-refractivity contribution in [3.63, 3.8) is 0 Å². The Kier molecular flexibility index (Phi) is 4.51. The van der Waals surface area contributed by atoms with Crippen molar-refractivity contribution in [3.8, 4) is 5.75 Å². The van der Waals surface area contributed by atoms with Crippen molar-refractivity contribution in [1.29, 1.82) is 0 Å². The van der Waals surface area contributed by atoms with Gasteiger partial charge >= 0.3 is 12.1 Å². The van der Waals surface area contributed by atoms with Gasteiger partial charge in [0.15, 0.2) is 23.3 Å². The number of benzene rings is 1. The van der Waals surface area contributed by atoms with Crippen LogP contribution in [0.25, 0.3) is 0 Å². The maximum atomic E-state index is 13.9. The topological polar surface area (TPSA) is 55.8 Å². The van der Waals surface area contributed by atoms with E-state index in [9.17, 15) is 31.9 Å². The Morgan fingerprint density at radius 2 is 1.92 bits per heavy atom. The van der Waals surface area contributed by atoms with Gasteiger partial charge in [-0.1, -0.05) is 13.0 Å². The average Bonchev–Trinajstić information content (AvgIpc) is 2.75. The number of carboxylic acids is 1. The third-order valence-corrected chi connectivity index (χ3v) is 4.56. The van der Waals surface area contributed by atoms with E-state index in [4.69, 9.17) is 9.47 Å². The molecule has 134 valence electrons. The molecule has 4 atom stereocenters. The Labute approximate surface area is 134 Å². The zero-order chi connectivity index (χ0) is 18.4. The van der Waals surface area contributed by atoms with Crippen LogP contribution in [0, 0.1) is 17.6 Å². The van der Waals surface area contributed by atoms with Crippen LogP contribution in [0.15, 0.2) is 12.1 Å². The van der Waals surface area contributed by atoms with Gasteiger partial charge in [-0.05, 0) is 13.0 Å². The summed E-state index contributed by atoms with van der Waals surface area (Å²) in [7, 11) is 1.01. The predicted molar refractivity (Wildman–Crippen MR) is 71.8 cm³/mol. The molecule has 24 heavy (non-hydrogen) atoms. The molecule has 1 aromatic carbocycles. The third kappa shape index (κ3) is 2.60. The molecule has 1 aromatic rings. The lowest BCUT2D eigenvalue weighted by Crippen LogP contribution is -2.47. The standard InChI is InChI=1S/C15H15F5O4/c1-6-9(7-4-5-8(16)10(17)11(7)23-3)12(13(21)22)24-14(6,2)15(18,19)20/h4-6,9,12H,1-3H3,(H,21,22)/t6-,9-,12?,14+/m0/s1. The molecule has 0 saturated carbocycles. The van der Waals surface area contributed by atoms with Gasteiger partial charge < -0.3 is 14.6 Å². The number of rotatable bonds is 3. The van der Waals surface area contributed by atoms with Crippen LogP contribution in [0.1, 0.15) is 25.3 Å². The second-order valence-corrected chi connectivity index (χ2v) is 5.78. The number of hydrogen-bond acceptors (Lipinski definition) is 3. The number of carboxylic acid groups (broad SMARTS) is 1. The van der Waals surface area contributed by atoms with Crippen molar-refractivity contribution in [2.24, 2.45) is 5.92 Å². The SMILES string of the molecule is COc1c([C@H]2C(C(=O)O)O[C@@](C)(C(F)(F)F)[C@H]2C)ccc(F)c1F. The van der Waals surface area contributed by atoms with Gasteiger partial charge in [-0.2, -0.15) is 17.6 Å². The summed E-state index contributed by atoms with van der Waals surface area (Å²) in [5, 5.41) is 9.25. The Hall–Kier alpha value is -1.90. The molecule has 1 fully saturated rings. The minimum atomic E-state index is -4.85. The number of halogens is 5. The molecular formula is C15H15F5O4. The van der Waals surface area contributed by atoms with Crippen molar-refractivity contribution in [2.75, 3.05) is 7.11 Å². The summed E-state index contributed by atoms with van der Waals surface area (Å²) in [5.74, 6) is -7.67. The lowest BCUT2D eigenvalue weighted by molar-refractivity contribution is -0.273. The fraction of sp³-hybridized carbons (Fsp3) is 0.533. The second-order valence-electron chi connectivity index (χ2n) is 5.78. The molecule has 9 heteroatoms. The first-order valence-electron chi connectivity index (χ1n) is 6.95. The van der Waals surface area contributed by atoms with Gasteiger partial charge in [0.05, 0.1) is 7.11 Å². The van der Waals surface area contributed by atoms with E-state index in [0.29, 0.717) is 6.07 Å². The van der Waals surface area contributed by atoms with Crippen molar-refractivity contribution in [3.05, 3.63) is 29.3 Å². The monoisotopic (exact) mass is 354 g/mol. The van der Waals surface area contributed by atoms with E-state index in [1.165, 1.54) is 0 Å². The van der Waals surface area contributed by atoms with Gasteiger partial charge in [0.2, 0.25) is 5.82 Å². The summed E-state index contributed by atoms with van der Waals surface area (Å²) >= 11 is 0. The van der Waals surface area contributed by atoms with Crippen molar-refractivity contribution >= 4 is 5.97 Å². The maximum absolute atomic E-state index is 13.9. The molecule has 1 aliphatic heterocycles. The molecule has 0 bridgehead atoms. The largest absolute Gasteiger partial charge is 0.493 e. The Balaban J connectivity index is 2.64. The minimum Gasteiger partial charge on any atom is -0.493 e. The number of methoxy groups -OCH3 is 1. The molecule has 1 aliphatic rings. The fourth-order valence-corrected chi connectivity index (χ4v) is 3.03. The normalized spacial score (nSPS) is 30.4. The fourth-order valence-electron chi connectivity index (χ4n) is 3.03. The van der Waals surface area contributed by atoms with E-state index < -0.39 is 53.1 Å². The van der Waals surface area contributed by atoms with Crippen LogP contribution in [-0.4, -0.2) is 36.1 Å². The quantitative estimate of drug-likeness (QED) is 0.845. The van der Waals surface area contributed by atoms with Crippen LogP contribution in [-0.2, 0) is 9.53 Å². The highest BCUT2D eigenvalue weighted by Crippen LogP contribution is 2.54. The zero-order valence-electron chi connectivity index (χ0n) is 12.9. The van der Waals surface area contributed by atoms with Crippen LogP contribution >= 0.6 is 0 Å². The van der Waals surface area contributed by atoms with E-state index in [1.54, 1.807) is 0 Å². The van der Waals surface area contributed by atoms with Crippen molar-refractivity contribution in [2.45, 2.75) is 37.6 Å². The van der Waals surface area contributed by atoms with E-state index >= 15 is 0 Å². The molecule has 1 saturated heterocycles. The average molecular weight is 354 g/mol. The van der Waals surface area contributed by atoms with Crippen molar-refractivity contribution < 1.29 is 41.3 Å². The Bertz CT molecular complexity index is 660. The molecule has 1 N–H and O–H groups in total. The van der Waals surface area contributed by atoms with Gasteiger partial charge in [-0.25, -0.2) is 9.18 Å². The number of hydrogen-bond donors (Lipinski definition) is 1. The highest BCUT2D eigenvalue weighted by atomic mass is 19.4. The summed E-state index contributed by atoms with van der Waals surface area (Å²) in [6, 6.07) is 1.72. The first kappa shape index (κ1) is 18.4. The van der Waals surface area contributed by atoms with E-state index in [1.807, 2.05) is 0 Å². The van der Waals surface area contributed by atoms with Crippen LogP contribution in [0.5, 0.6) is 5.75 Å². The smallest absolute Gasteiger partial charge is 0.417 e. The van der Waals surface area contributed by atoms with Gasteiger partial charge in [0.1, 0.15) is 0 Å². The van der Waals surface area contributed by atoms with Gasteiger partial charge in [0, 0.05) is 17.4 Å². The predicted octanol–water partition coefficient (Wildman–Crippen LogP) is 3.50. The zero-order valence-corrected chi connectivity index (χ0v) is 12.9. The summed E-state index contributed by atoms with van der Waals surface area (Å²) in [4.78, 5) is 11.4. The van der Waals surface area contributed by atoms with Gasteiger partial charge in [-0.3, -0.25) is 0 Å². The number of ether oxygens (including phenoxy) is 2.